The first-order valence-corrected chi connectivity index (χ1v) is 8.50. The van der Waals surface area contributed by atoms with Crippen LogP contribution in [0.15, 0.2) is 53.5 Å². The fourth-order valence-electron chi connectivity index (χ4n) is 2.82. The van der Waals surface area contributed by atoms with Crippen LogP contribution in [0.3, 0.4) is 0 Å². The highest BCUT2D eigenvalue weighted by Crippen LogP contribution is 2.23. The first-order chi connectivity index (χ1) is 11.5. The molecule has 0 aliphatic carbocycles. The maximum absolute atomic E-state index is 6.02. The predicted molar refractivity (Wildman–Crippen MR) is 101 cm³/mol. The van der Waals surface area contributed by atoms with Gasteiger partial charge in [0.05, 0.1) is 5.56 Å². The number of hydrogen-bond acceptors (Lipinski definition) is 4. The summed E-state index contributed by atoms with van der Waals surface area (Å²) in [5.74, 6) is 0.637. The number of para-hydroxylation sites is 1. The van der Waals surface area contributed by atoms with Crippen molar-refractivity contribution in [1.82, 2.24) is 0 Å². The number of nitrogens with zero attached hydrogens (tertiary/aromatic N) is 2. The van der Waals surface area contributed by atoms with Crippen molar-refractivity contribution in [3.05, 3.63) is 59.1 Å². The molecule has 0 spiro atoms. The second-order valence-electron chi connectivity index (χ2n) is 6.21. The molecular weight excluding hydrogens is 322 g/mol. The van der Waals surface area contributed by atoms with Gasteiger partial charge in [0, 0.05) is 29.0 Å². The van der Waals surface area contributed by atoms with Crippen molar-refractivity contribution < 1.29 is 4.74 Å². The van der Waals surface area contributed by atoms with Crippen LogP contribution in [0.5, 0.6) is 0 Å². The van der Waals surface area contributed by atoms with Gasteiger partial charge < -0.3 is 15.4 Å². The highest BCUT2D eigenvalue weighted by Gasteiger charge is 2.24. The van der Waals surface area contributed by atoms with Crippen LogP contribution < -0.4 is 10.6 Å². The summed E-state index contributed by atoms with van der Waals surface area (Å²) in [5.41, 5.74) is 8.71. The fourth-order valence-corrected chi connectivity index (χ4v) is 2.95. The minimum Gasteiger partial charge on any atom is -0.475 e. The van der Waals surface area contributed by atoms with E-state index in [1.54, 1.807) is 0 Å². The minimum atomic E-state index is 0.0812. The molecule has 24 heavy (non-hydrogen) atoms. The topological polar surface area (TPSA) is 50.9 Å². The van der Waals surface area contributed by atoms with E-state index >= 15 is 0 Å². The van der Waals surface area contributed by atoms with Crippen molar-refractivity contribution in [1.29, 1.82) is 0 Å². The molecule has 0 radical (unpaired) electrons. The summed E-state index contributed by atoms with van der Waals surface area (Å²) in [7, 11) is 0. The molecule has 0 aromatic heterocycles. The SMILES string of the molecule is CC(C)N(C[C@@H]1COC(c2ccccc2N)=N1)c1ccc(Cl)cc1. The van der Waals surface area contributed by atoms with Gasteiger partial charge >= 0.3 is 0 Å². The van der Waals surface area contributed by atoms with E-state index in [2.05, 4.69) is 18.7 Å². The van der Waals surface area contributed by atoms with Crippen molar-refractivity contribution in [3.8, 4) is 0 Å². The summed E-state index contributed by atoms with van der Waals surface area (Å²) < 4.78 is 5.79. The van der Waals surface area contributed by atoms with Crippen LogP contribution in [0.1, 0.15) is 19.4 Å². The molecule has 4 nitrogen and oxygen atoms in total. The van der Waals surface area contributed by atoms with Gasteiger partial charge in [-0.05, 0) is 50.2 Å². The molecule has 0 saturated carbocycles. The van der Waals surface area contributed by atoms with Crippen molar-refractivity contribution in [2.75, 3.05) is 23.8 Å². The Labute approximate surface area is 147 Å². The van der Waals surface area contributed by atoms with Crippen LogP contribution in [0, 0.1) is 0 Å². The Morgan fingerprint density at radius 1 is 1.21 bits per heavy atom. The molecule has 0 amide bonds. The first kappa shape index (κ1) is 16.7. The molecule has 0 fully saturated rings. The van der Waals surface area contributed by atoms with Crippen molar-refractivity contribution >= 4 is 28.9 Å². The van der Waals surface area contributed by atoms with E-state index in [1.165, 1.54) is 0 Å². The van der Waals surface area contributed by atoms with Crippen LogP contribution >= 0.6 is 11.6 Å². The van der Waals surface area contributed by atoms with Gasteiger partial charge in [-0.2, -0.15) is 0 Å². The quantitative estimate of drug-likeness (QED) is 0.835. The van der Waals surface area contributed by atoms with Gasteiger partial charge in [-0.1, -0.05) is 23.7 Å². The zero-order chi connectivity index (χ0) is 17.1. The molecule has 0 bridgehead atoms. The van der Waals surface area contributed by atoms with E-state index in [1.807, 2.05) is 48.5 Å². The van der Waals surface area contributed by atoms with E-state index in [-0.39, 0.29) is 6.04 Å². The van der Waals surface area contributed by atoms with E-state index < -0.39 is 0 Å². The number of aliphatic imine (C=N–C) groups is 1. The summed E-state index contributed by atoms with van der Waals surface area (Å²) in [6, 6.07) is 16.0. The highest BCUT2D eigenvalue weighted by atomic mass is 35.5. The molecule has 2 aromatic rings. The lowest BCUT2D eigenvalue weighted by Gasteiger charge is -2.30. The van der Waals surface area contributed by atoms with Gasteiger partial charge in [-0.15, -0.1) is 0 Å². The Balaban J connectivity index is 1.77. The third-order valence-corrected chi connectivity index (χ3v) is 4.34. The van der Waals surface area contributed by atoms with Crippen molar-refractivity contribution in [3.63, 3.8) is 0 Å². The zero-order valence-corrected chi connectivity index (χ0v) is 14.7. The van der Waals surface area contributed by atoms with E-state index in [0.717, 1.165) is 22.8 Å². The van der Waals surface area contributed by atoms with Crippen molar-refractivity contribution in [2.24, 2.45) is 4.99 Å². The molecule has 1 heterocycles. The zero-order valence-electron chi connectivity index (χ0n) is 13.9. The van der Waals surface area contributed by atoms with Crippen LogP contribution in [0.4, 0.5) is 11.4 Å². The number of halogens is 1. The number of rotatable bonds is 5. The van der Waals surface area contributed by atoms with Gasteiger partial charge in [0.25, 0.3) is 0 Å². The maximum atomic E-state index is 6.02. The fraction of sp³-hybridized carbons (Fsp3) is 0.316. The lowest BCUT2D eigenvalue weighted by Crippen LogP contribution is -2.37. The number of nitrogens with two attached hydrogens (primary N) is 1. The molecule has 1 atom stereocenters. The van der Waals surface area contributed by atoms with Gasteiger partial charge in [-0.25, -0.2) is 4.99 Å². The van der Waals surface area contributed by atoms with Gasteiger partial charge in [0.15, 0.2) is 0 Å². The molecule has 1 aliphatic heterocycles. The van der Waals surface area contributed by atoms with Gasteiger partial charge in [0.1, 0.15) is 12.6 Å². The number of ether oxygens (including phenoxy) is 1. The normalized spacial score (nSPS) is 16.8. The molecule has 5 heteroatoms. The number of hydrogen-bond donors (Lipinski definition) is 1. The Hall–Kier alpha value is -2.20. The van der Waals surface area contributed by atoms with E-state index in [0.29, 0.717) is 24.2 Å². The first-order valence-electron chi connectivity index (χ1n) is 8.12. The second-order valence-corrected chi connectivity index (χ2v) is 6.65. The Bertz CT molecular complexity index is 728. The minimum absolute atomic E-state index is 0.0812. The summed E-state index contributed by atoms with van der Waals surface area (Å²) >= 11 is 6.00. The molecule has 126 valence electrons. The largest absolute Gasteiger partial charge is 0.475 e. The smallest absolute Gasteiger partial charge is 0.218 e. The number of anilines is 2. The van der Waals surface area contributed by atoms with Crippen molar-refractivity contribution in [2.45, 2.75) is 25.9 Å². The van der Waals surface area contributed by atoms with Crippen LogP contribution in [0.25, 0.3) is 0 Å². The van der Waals surface area contributed by atoms with E-state index in [9.17, 15) is 0 Å². The third-order valence-electron chi connectivity index (χ3n) is 4.09. The molecule has 0 unspecified atom stereocenters. The summed E-state index contributed by atoms with van der Waals surface area (Å²) in [6.45, 7) is 5.70. The lowest BCUT2D eigenvalue weighted by atomic mass is 10.2. The molecule has 3 rings (SSSR count). The highest BCUT2D eigenvalue weighted by molar-refractivity contribution is 6.30. The monoisotopic (exact) mass is 343 g/mol. The molecule has 2 N–H and O–H groups in total. The Morgan fingerprint density at radius 3 is 2.58 bits per heavy atom. The lowest BCUT2D eigenvalue weighted by molar-refractivity contribution is 0.316. The van der Waals surface area contributed by atoms with Gasteiger partial charge in [0.2, 0.25) is 5.90 Å². The third kappa shape index (κ3) is 3.65. The molecule has 0 saturated heterocycles. The van der Waals surface area contributed by atoms with Gasteiger partial charge in [-0.3, -0.25) is 0 Å². The Morgan fingerprint density at radius 2 is 1.92 bits per heavy atom. The van der Waals surface area contributed by atoms with E-state index in [4.69, 9.17) is 27.1 Å². The summed E-state index contributed by atoms with van der Waals surface area (Å²) in [5, 5.41) is 0.742. The molecule has 1 aliphatic rings. The molecular formula is C19H22ClN3O. The average molecular weight is 344 g/mol. The Kier molecular flexibility index (Phi) is 4.95. The average Bonchev–Trinajstić information content (AvgIpc) is 3.02. The van der Waals surface area contributed by atoms with Crippen LogP contribution in [-0.4, -0.2) is 31.1 Å². The predicted octanol–water partition coefficient (Wildman–Crippen LogP) is 3.98. The molecule has 2 aromatic carbocycles. The maximum Gasteiger partial charge on any atom is 0.218 e. The number of benzene rings is 2. The summed E-state index contributed by atoms with van der Waals surface area (Å²) in [4.78, 5) is 7.04. The standard InChI is InChI=1S/C19H22ClN3O/c1-13(2)23(16-9-7-14(20)8-10-16)11-15-12-24-19(22-15)17-5-3-4-6-18(17)21/h3-10,13,15H,11-12,21H2,1-2H3/t15-/m1/s1. The second kappa shape index (κ2) is 7.14. The van der Waals surface area contributed by atoms with Crippen LogP contribution in [0.2, 0.25) is 5.02 Å². The number of nitrogen functional groups attached to an aromatic ring is 1. The summed E-state index contributed by atoms with van der Waals surface area (Å²) in [6.07, 6.45) is 0. The van der Waals surface area contributed by atoms with Crippen LogP contribution in [-0.2, 0) is 4.74 Å².